The lowest BCUT2D eigenvalue weighted by molar-refractivity contribution is 0.0198. The van der Waals surface area contributed by atoms with Crippen molar-refractivity contribution in [2.45, 2.75) is 32.3 Å². The van der Waals surface area contributed by atoms with Gasteiger partial charge in [0.1, 0.15) is 5.75 Å². The molecule has 0 aliphatic heterocycles. The first-order valence-electron chi connectivity index (χ1n) is 10.3. The minimum absolute atomic E-state index is 0.186. The third-order valence-electron chi connectivity index (χ3n) is 5.02. The zero-order chi connectivity index (χ0) is 21.6. The Kier molecular flexibility index (Phi) is 6.87. The molecule has 0 radical (unpaired) electrons. The van der Waals surface area contributed by atoms with Crippen LogP contribution in [0.25, 0.3) is 11.0 Å². The van der Waals surface area contributed by atoms with Gasteiger partial charge in [0.05, 0.1) is 36.9 Å². The molecule has 3 aromatic carbocycles. The Morgan fingerprint density at radius 3 is 2.48 bits per heavy atom. The molecule has 0 aliphatic carbocycles. The minimum atomic E-state index is -0.706. The predicted octanol–water partition coefficient (Wildman–Crippen LogP) is 5.41. The Bertz CT molecular complexity index is 1130. The topological polar surface area (TPSA) is 56.5 Å². The molecule has 160 valence electrons. The van der Waals surface area contributed by atoms with Crippen LogP contribution in [0.5, 0.6) is 5.75 Å². The second-order valence-corrected chi connectivity index (χ2v) is 7.81. The molecule has 0 saturated heterocycles. The molecular formula is C25H25ClN2O3. The van der Waals surface area contributed by atoms with Gasteiger partial charge in [0.2, 0.25) is 0 Å². The maximum atomic E-state index is 10.7. The summed E-state index contributed by atoms with van der Waals surface area (Å²) in [5, 5.41) is 11.3. The van der Waals surface area contributed by atoms with Crippen LogP contribution in [0.4, 0.5) is 0 Å². The average Bonchev–Trinajstić information content (AvgIpc) is 3.14. The second kappa shape index (κ2) is 9.96. The number of aliphatic hydroxyl groups is 1. The van der Waals surface area contributed by atoms with Gasteiger partial charge in [-0.15, -0.1) is 0 Å². The molecule has 0 saturated carbocycles. The van der Waals surface area contributed by atoms with Gasteiger partial charge in [-0.1, -0.05) is 60.1 Å². The normalized spacial score (nSPS) is 13.3. The smallest absolute Gasteiger partial charge is 0.153 e. The van der Waals surface area contributed by atoms with E-state index in [2.05, 4.69) is 0 Å². The summed E-state index contributed by atoms with van der Waals surface area (Å²) in [6, 6.07) is 25.1. The predicted molar refractivity (Wildman–Crippen MR) is 122 cm³/mol. The van der Waals surface area contributed by atoms with Crippen molar-refractivity contribution in [2.75, 3.05) is 6.61 Å². The third kappa shape index (κ3) is 5.25. The van der Waals surface area contributed by atoms with Crippen molar-refractivity contribution >= 4 is 22.6 Å². The molecule has 5 nitrogen and oxygen atoms in total. The summed E-state index contributed by atoms with van der Waals surface area (Å²) >= 11 is 6.17. The van der Waals surface area contributed by atoms with E-state index in [1.165, 1.54) is 0 Å². The lowest BCUT2D eigenvalue weighted by Gasteiger charge is -2.19. The number of aromatic nitrogens is 2. The van der Waals surface area contributed by atoms with E-state index >= 15 is 0 Å². The molecule has 0 aliphatic rings. The van der Waals surface area contributed by atoms with Crippen LogP contribution in [0, 0.1) is 0 Å². The Balaban J connectivity index is 1.48. The number of ether oxygens (including phenoxy) is 2. The van der Waals surface area contributed by atoms with Gasteiger partial charge in [-0.05, 0) is 42.8 Å². The van der Waals surface area contributed by atoms with E-state index in [0.717, 1.165) is 28.2 Å². The van der Waals surface area contributed by atoms with E-state index in [4.69, 9.17) is 26.1 Å². The van der Waals surface area contributed by atoms with Crippen molar-refractivity contribution in [1.82, 2.24) is 9.55 Å². The van der Waals surface area contributed by atoms with Crippen LogP contribution in [0.1, 0.15) is 24.4 Å². The maximum absolute atomic E-state index is 10.7. The average molecular weight is 437 g/mol. The second-order valence-electron chi connectivity index (χ2n) is 7.40. The number of hydrogen-bond donors (Lipinski definition) is 1. The van der Waals surface area contributed by atoms with Crippen LogP contribution >= 0.6 is 11.6 Å². The van der Waals surface area contributed by atoms with Crippen molar-refractivity contribution in [3.05, 3.63) is 95.3 Å². The maximum Gasteiger partial charge on any atom is 0.153 e. The first-order valence-corrected chi connectivity index (χ1v) is 10.7. The van der Waals surface area contributed by atoms with E-state index in [0.29, 0.717) is 18.2 Å². The van der Waals surface area contributed by atoms with E-state index < -0.39 is 6.10 Å². The molecule has 2 atom stereocenters. The fourth-order valence-electron chi connectivity index (χ4n) is 3.54. The zero-order valence-electron chi connectivity index (χ0n) is 17.3. The number of fused-ring (bicyclic) bond motifs is 1. The van der Waals surface area contributed by atoms with E-state index in [1.807, 2.05) is 90.4 Å². The first kappa shape index (κ1) is 21.4. The summed E-state index contributed by atoms with van der Waals surface area (Å²) < 4.78 is 13.8. The fourth-order valence-corrected chi connectivity index (χ4v) is 3.73. The quantitative estimate of drug-likeness (QED) is 0.381. The summed E-state index contributed by atoms with van der Waals surface area (Å²) in [7, 11) is 0. The van der Waals surface area contributed by atoms with Crippen LogP contribution in [0.3, 0.4) is 0 Å². The van der Waals surface area contributed by atoms with Gasteiger partial charge in [-0.2, -0.15) is 0 Å². The number of halogens is 1. The van der Waals surface area contributed by atoms with E-state index in [9.17, 15) is 5.11 Å². The Hall–Kier alpha value is -2.86. The van der Waals surface area contributed by atoms with Crippen LogP contribution in [-0.2, 0) is 17.9 Å². The highest BCUT2D eigenvalue weighted by molar-refractivity contribution is 6.31. The molecule has 1 heterocycles. The third-order valence-corrected chi connectivity index (χ3v) is 5.39. The number of hydrogen-bond acceptors (Lipinski definition) is 4. The summed E-state index contributed by atoms with van der Waals surface area (Å²) in [5.41, 5.74) is 2.71. The molecule has 0 spiro atoms. The van der Waals surface area contributed by atoms with E-state index in [1.54, 1.807) is 0 Å². The molecule has 0 fully saturated rings. The van der Waals surface area contributed by atoms with Crippen molar-refractivity contribution in [3.63, 3.8) is 0 Å². The summed E-state index contributed by atoms with van der Waals surface area (Å²) in [5.74, 6) is 1.53. The Morgan fingerprint density at radius 2 is 1.68 bits per heavy atom. The Morgan fingerprint density at radius 1 is 0.968 bits per heavy atom. The van der Waals surface area contributed by atoms with Gasteiger partial charge in [0.15, 0.2) is 11.9 Å². The highest BCUT2D eigenvalue weighted by Gasteiger charge is 2.20. The number of para-hydroxylation sites is 3. The van der Waals surface area contributed by atoms with Gasteiger partial charge in [-0.25, -0.2) is 4.98 Å². The molecule has 0 amide bonds. The molecule has 6 heteroatoms. The van der Waals surface area contributed by atoms with Crippen LogP contribution in [0.15, 0.2) is 78.9 Å². The number of benzene rings is 3. The molecule has 1 N–H and O–H groups in total. The monoisotopic (exact) mass is 436 g/mol. The Labute approximate surface area is 186 Å². The lowest BCUT2D eigenvalue weighted by atomic mass is 10.2. The number of aliphatic hydroxyl groups excluding tert-OH is 1. The lowest BCUT2D eigenvalue weighted by Crippen LogP contribution is -2.24. The number of rotatable bonds is 9. The van der Waals surface area contributed by atoms with E-state index in [-0.39, 0.29) is 12.7 Å². The molecular weight excluding hydrogens is 412 g/mol. The molecule has 4 aromatic rings. The molecule has 31 heavy (non-hydrogen) atoms. The van der Waals surface area contributed by atoms with Gasteiger partial charge >= 0.3 is 0 Å². The summed E-state index contributed by atoms with van der Waals surface area (Å²) in [6.45, 7) is 2.85. The SMILES string of the molecule is CC(Oc1ccccc1)c1nc2ccccc2n1CC(O)COCc1ccccc1Cl. The highest BCUT2D eigenvalue weighted by Crippen LogP contribution is 2.25. The minimum Gasteiger partial charge on any atom is -0.483 e. The number of imidazole rings is 1. The number of nitrogens with zero attached hydrogens (tertiary/aromatic N) is 2. The molecule has 0 bridgehead atoms. The molecule has 4 rings (SSSR count). The van der Waals surface area contributed by atoms with Crippen molar-refractivity contribution < 1.29 is 14.6 Å². The first-order chi connectivity index (χ1) is 15.1. The standard InChI is InChI=1S/C25H25ClN2O3/c1-18(31-21-10-3-2-4-11-21)25-27-23-13-7-8-14-24(23)28(25)15-20(29)17-30-16-19-9-5-6-12-22(19)26/h2-14,18,20,29H,15-17H2,1H3. The van der Waals surface area contributed by atoms with Gasteiger partial charge in [0, 0.05) is 5.02 Å². The summed E-state index contributed by atoms with van der Waals surface area (Å²) in [6.07, 6.45) is -0.992. The van der Waals surface area contributed by atoms with Crippen molar-refractivity contribution in [1.29, 1.82) is 0 Å². The largest absolute Gasteiger partial charge is 0.483 e. The van der Waals surface area contributed by atoms with Gasteiger partial charge < -0.3 is 19.1 Å². The summed E-state index contributed by atoms with van der Waals surface area (Å²) in [4.78, 5) is 4.77. The zero-order valence-corrected chi connectivity index (χ0v) is 18.1. The van der Waals surface area contributed by atoms with Gasteiger partial charge in [0.25, 0.3) is 0 Å². The van der Waals surface area contributed by atoms with Crippen LogP contribution in [0.2, 0.25) is 5.02 Å². The fraction of sp³-hybridized carbons (Fsp3) is 0.240. The van der Waals surface area contributed by atoms with Crippen molar-refractivity contribution in [3.8, 4) is 5.75 Å². The van der Waals surface area contributed by atoms with Crippen molar-refractivity contribution in [2.24, 2.45) is 0 Å². The molecule has 2 unspecified atom stereocenters. The van der Waals surface area contributed by atoms with Crippen LogP contribution < -0.4 is 4.74 Å². The highest BCUT2D eigenvalue weighted by atomic mass is 35.5. The van der Waals surface area contributed by atoms with Crippen LogP contribution in [-0.4, -0.2) is 27.4 Å². The van der Waals surface area contributed by atoms with Gasteiger partial charge in [-0.3, -0.25) is 0 Å². The molecule has 1 aromatic heterocycles.